The number of thiazole rings is 1. The molecular formula is C26H22ClF2N5O3S. The van der Waals surface area contributed by atoms with E-state index in [1.807, 2.05) is 0 Å². The Morgan fingerprint density at radius 1 is 1.16 bits per heavy atom. The van der Waals surface area contributed by atoms with Crippen LogP contribution in [0.15, 0.2) is 42.5 Å². The summed E-state index contributed by atoms with van der Waals surface area (Å²) in [4.78, 5) is 43.7. The molecule has 1 fully saturated rings. The van der Waals surface area contributed by atoms with Crippen molar-refractivity contribution in [3.63, 3.8) is 0 Å². The van der Waals surface area contributed by atoms with Gasteiger partial charge in [0.05, 0.1) is 17.6 Å². The number of carbonyl (C=O) groups excluding carboxylic acids is 3. The minimum atomic E-state index is -1.41. The number of likely N-dealkylation sites (tertiary alicyclic amines) is 1. The van der Waals surface area contributed by atoms with Crippen LogP contribution in [0.2, 0.25) is 5.02 Å². The number of alkyl halides is 1. The van der Waals surface area contributed by atoms with Crippen molar-refractivity contribution in [3.05, 3.63) is 69.6 Å². The molecule has 2 N–H and O–H groups in total. The summed E-state index contributed by atoms with van der Waals surface area (Å²) in [6, 6.07) is 10.4. The third-order valence-electron chi connectivity index (χ3n) is 6.46. The highest BCUT2D eigenvalue weighted by atomic mass is 35.5. The molecule has 0 bridgehead atoms. The first-order chi connectivity index (χ1) is 18.1. The molecule has 38 heavy (non-hydrogen) atoms. The SMILES string of the molecule is Cc1nc2c(s1)c(C(N)=O)nn2CC(=O)N1C[C@H](F)C[C@H]1C(=O)Cc1cccc(-c2ccccc2Cl)c1F. The Balaban J connectivity index is 1.37. The van der Waals surface area contributed by atoms with Crippen LogP contribution in [0.1, 0.15) is 27.5 Å². The predicted molar refractivity (Wildman–Crippen MR) is 139 cm³/mol. The normalized spacial score (nSPS) is 17.3. The summed E-state index contributed by atoms with van der Waals surface area (Å²) in [6.07, 6.45) is -1.92. The number of nitrogens with two attached hydrogens (primary N) is 1. The highest BCUT2D eigenvalue weighted by Crippen LogP contribution is 2.32. The van der Waals surface area contributed by atoms with Crippen LogP contribution in [0.4, 0.5) is 8.78 Å². The topological polar surface area (TPSA) is 111 Å². The van der Waals surface area contributed by atoms with E-state index < -0.39 is 35.6 Å². The van der Waals surface area contributed by atoms with Gasteiger partial charge in [-0.25, -0.2) is 18.4 Å². The fourth-order valence-electron chi connectivity index (χ4n) is 4.72. The van der Waals surface area contributed by atoms with Gasteiger partial charge in [0, 0.05) is 29.0 Å². The zero-order valence-corrected chi connectivity index (χ0v) is 21.7. The molecule has 2 atom stereocenters. The molecule has 1 aliphatic heterocycles. The van der Waals surface area contributed by atoms with Crippen molar-refractivity contribution < 1.29 is 23.2 Å². The van der Waals surface area contributed by atoms with Crippen LogP contribution in [-0.2, 0) is 22.6 Å². The van der Waals surface area contributed by atoms with Crippen LogP contribution < -0.4 is 5.73 Å². The molecule has 5 rings (SSSR count). The van der Waals surface area contributed by atoms with Crippen LogP contribution in [0.3, 0.4) is 0 Å². The number of Topliss-reactive ketones (excluding diaryl/α,β-unsaturated/α-hetero) is 1. The van der Waals surface area contributed by atoms with Crippen molar-refractivity contribution in [1.82, 2.24) is 19.7 Å². The molecule has 0 radical (unpaired) electrons. The van der Waals surface area contributed by atoms with Crippen LogP contribution in [0, 0.1) is 12.7 Å². The minimum Gasteiger partial charge on any atom is -0.364 e. The van der Waals surface area contributed by atoms with Crippen molar-refractivity contribution in [2.24, 2.45) is 5.73 Å². The van der Waals surface area contributed by atoms with Crippen LogP contribution in [0.5, 0.6) is 0 Å². The summed E-state index contributed by atoms with van der Waals surface area (Å²) >= 11 is 7.45. The van der Waals surface area contributed by atoms with E-state index in [4.69, 9.17) is 17.3 Å². The lowest BCUT2D eigenvalue weighted by Gasteiger charge is -2.23. The average molecular weight is 558 g/mol. The molecule has 0 unspecified atom stereocenters. The maximum absolute atomic E-state index is 15.4. The van der Waals surface area contributed by atoms with Crippen LogP contribution >= 0.6 is 22.9 Å². The minimum absolute atomic E-state index is 0.00954. The third-order valence-corrected chi connectivity index (χ3v) is 7.76. The second-order valence-corrected chi connectivity index (χ2v) is 10.7. The lowest BCUT2D eigenvalue weighted by molar-refractivity contribution is -0.138. The summed E-state index contributed by atoms with van der Waals surface area (Å²) in [5.41, 5.74) is 6.57. The quantitative estimate of drug-likeness (QED) is 0.367. The van der Waals surface area contributed by atoms with Gasteiger partial charge in [-0.1, -0.05) is 48.0 Å². The largest absolute Gasteiger partial charge is 0.364 e. The molecule has 1 saturated heterocycles. The molecule has 0 spiro atoms. The Hall–Kier alpha value is -3.70. The zero-order valence-electron chi connectivity index (χ0n) is 20.2. The lowest BCUT2D eigenvalue weighted by Crippen LogP contribution is -2.43. The summed E-state index contributed by atoms with van der Waals surface area (Å²) in [5.74, 6) is -2.41. The predicted octanol–water partition coefficient (Wildman–Crippen LogP) is 4.11. The number of rotatable bonds is 7. The van der Waals surface area contributed by atoms with Crippen LogP contribution in [0.25, 0.3) is 21.5 Å². The van der Waals surface area contributed by atoms with Crippen LogP contribution in [-0.4, -0.2) is 56.0 Å². The van der Waals surface area contributed by atoms with Gasteiger partial charge in [0.15, 0.2) is 17.1 Å². The van der Waals surface area contributed by atoms with Gasteiger partial charge in [0.1, 0.15) is 23.2 Å². The molecule has 0 saturated carbocycles. The molecule has 2 aromatic heterocycles. The van der Waals surface area contributed by atoms with Crippen molar-refractivity contribution in [3.8, 4) is 11.1 Å². The van der Waals surface area contributed by atoms with Gasteiger partial charge in [-0.2, -0.15) is 5.10 Å². The highest BCUT2D eigenvalue weighted by Gasteiger charge is 2.40. The number of nitrogens with zero attached hydrogens (tertiary/aromatic N) is 4. The Labute approximate surface area is 225 Å². The first-order valence-electron chi connectivity index (χ1n) is 11.8. The number of ketones is 1. The van der Waals surface area contributed by atoms with E-state index in [2.05, 4.69) is 10.1 Å². The number of fused-ring (bicyclic) bond motifs is 1. The molecule has 0 aliphatic carbocycles. The first-order valence-corrected chi connectivity index (χ1v) is 13.0. The number of hydrogen-bond acceptors (Lipinski definition) is 6. The lowest BCUT2D eigenvalue weighted by atomic mass is 9.97. The number of carbonyl (C=O) groups is 3. The third kappa shape index (κ3) is 4.79. The maximum Gasteiger partial charge on any atom is 0.270 e. The first kappa shape index (κ1) is 25.9. The van der Waals surface area contributed by atoms with Gasteiger partial charge in [0.25, 0.3) is 5.91 Å². The number of benzene rings is 2. The van der Waals surface area contributed by atoms with Crippen molar-refractivity contribution in [1.29, 1.82) is 0 Å². The Morgan fingerprint density at radius 2 is 1.89 bits per heavy atom. The molecule has 2 amide bonds. The Kier molecular flexibility index (Phi) is 6.97. The van der Waals surface area contributed by atoms with Gasteiger partial charge in [-0.15, -0.1) is 11.3 Å². The summed E-state index contributed by atoms with van der Waals surface area (Å²) < 4.78 is 31.6. The number of aromatic nitrogens is 3. The van der Waals surface area contributed by atoms with Gasteiger partial charge >= 0.3 is 0 Å². The molecule has 196 valence electrons. The maximum atomic E-state index is 15.4. The molecule has 8 nitrogen and oxygen atoms in total. The number of amides is 2. The van der Waals surface area contributed by atoms with E-state index in [1.54, 1.807) is 43.3 Å². The van der Waals surface area contributed by atoms with E-state index in [9.17, 15) is 18.8 Å². The Bertz CT molecular complexity index is 1590. The average Bonchev–Trinajstić information content (AvgIpc) is 3.54. The summed E-state index contributed by atoms with van der Waals surface area (Å²) in [5, 5.41) is 5.14. The fourth-order valence-corrected chi connectivity index (χ4v) is 5.87. The zero-order chi connectivity index (χ0) is 27.1. The van der Waals surface area contributed by atoms with E-state index in [0.29, 0.717) is 25.9 Å². The molecular weight excluding hydrogens is 536 g/mol. The van der Waals surface area contributed by atoms with E-state index >= 15 is 4.39 Å². The molecule has 1 aliphatic rings. The van der Waals surface area contributed by atoms with Gasteiger partial charge < -0.3 is 10.6 Å². The van der Waals surface area contributed by atoms with Crippen molar-refractivity contribution in [2.45, 2.75) is 38.5 Å². The van der Waals surface area contributed by atoms with E-state index in [-0.39, 0.29) is 42.8 Å². The van der Waals surface area contributed by atoms with Gasteiger partial charge in [-0.05, 0) is 18.6 Å². The summed E-state index contributed by atoms with van der Waals surface area (Å²) in [7, 11) is 0. The smallest absolute Gasteiger partial charge is 0.270 e. The molecule has 4 aromatic rings. The second-order valence-electron chi connectivity index (χ2n) is 9.05. The van der Waals surface area contributed by atoms with Gasteiger partial charge in [0.2, 0.25) is 5.91 Å². The molecule has 12 heteroatoms. The molecule has 3 heterocycles. The monoisotopic (exact) mass is 557 g/mol. The standard InChI is InChI=1S/C26H22ClF2N5O3S/c1-13-31-26-24(38-13)23(25(30)37)32-34(26)12-21(36)33-11-15(28)10-19(33)20(35)9-14-5-4-7-17(22(14)29)16-6-2-3-8-18(16)27/h2-8,15,19H,9-12H2,1H3,(H2,30,37)/t15-,19+/m1/s1. The summed E-state index contributed by atoms with van der Waals surface area (Å²) in [6.45, 7) is 1.10. The van der Waals surface area contributed by atoms with E-state index in [0.717, 1.165) is 4.90 Å². The van der Waals surface area contributed by atoms with E-state index in [1.165, 1.54) is 22.1 Å². The number of hydrogen-bond donors (Lipinski definition) is 1. The van der Waals surface area contributed by atoms with Crippen molar-refractivity contribution in [2.75, 3.05) is 6.54 Å². The highest BCUT2D eigenvalue weighted by molar-refractivity contribution is 7.18. The van der Waals surface area contributed by atoms with Gasteiger partial charge in [-0.3, -0.25) is 14.4 Å². The number of primary amides is 1. The number of aryl methyl sites for hydroxylation is 1. The fraction of sp³-hybridized carbons (Fsp3) is 0.269. The Morgan fingerprint density at radius 3 is 2.63 bits per heavy atom. The van der Waals surface area contributed by atoms with Crippen molar-refractivity contribution >= 4 is 50.9 Å². The second kappa shape index (κ2) is 10.2. The molecule has 2 aromatic carbocycles. The number of halogens is 3.